The van der Waals surface area contributed by atoms with E-state index < -0.39 is 23.9 Å². The standard InChI is InChI=1S/C10H17F2NO2.ClH/c1-2-15-9(14)7-3-5-10(11,12)6-4-8(7)13;/h7-8H,2-6,13H2,1H3;1H/t7-,8+;/m1./s1. The molecule has 2 N–H and O–H groups in total. The summed E-state index contributed by atoms with van der Waals surface area (Å²) in [6, 6.07) is -0.502. The van der Waals surface area contributed by atoms with Crippen LogP contribution in [0.4, 0.5) is 8.78 Å². The van der Waals surface area contributed by atoms with Crippen LogP contribution < -0.4 is 5.73 Å². The minimum absolute atomic E-state index is 0. The van der Waals surface area contributed by atoms with E-state index >= 15 is 0 Å². The Morgan fingerprint density at radius 2 is 2.00 bits per heavy atom. The number of ether oxygens (including phenoxy) is 1. The lowest BCUT2D eigenvalue weighted by Gasteiger charge is -2.18. The van der Waals surface area contributed by atoms with E-state index in [4.69, 9.17) is 10.5 Å². The lowest BCUT2D eigenvalue weighted by molar-refractivity contribution is -0.149. The van der Waals surface area contributed by atoms with Crippen LogP contribution >= 0.6 is 12.4 Å². The van der Waals surface area contributed by atoms with E-state index in [0.717, 1.165) is 0 Å². The first-order chi connectivity index (χ1) is 6.96. The maximum absolute atomic E-state index is 13.1. The molecule has 1 aliphatic rings. The quantitative estimate of drug-likeness (QED) is 0.609. The zero-order valence-corrected chi connectivity index (χ0v) is 10.1. The monoisotopic (exact) mass is 257 g/mol. The smallest absolute Gasteiger partial charge is 0.310 e. The van der Waals surface area contributed by atoms with Gasteiger partial charge >= 0.3 is 5.97 Å². The summed E-state index contributed by atoms with van der Waals surface area (Å²) in [5.74, 6) is -3.69. The molecule has 0 bridgehead atoms. The highest BCUT2D eigenvalue weighted by Crippen LogP contribution is 2.34. The summed E-state index contributed by atoms with van der Waals surface area (Å²) < 4.78 is 30.9. The molecule has 96 valence electrons. The molecule has 3 nitrogen and oxygen atoms in total. The Kier molecular flexibility index (Phi) is 6.18. The Hall–Kier alpha value is -0.420. The Labute approximate surface area is 100 Å². The van der Waals surface area contributed by atoms with Crippen molar-refractivity contribution in [1.29, 1.82) is 0 Å². The molecule has 0 aromatic rings. The van der Waals surface area contributed by atoms with Gasteiger partial charge in [0.05, 0.1) is 12.5 Å². The average Bonchev–Trinajstić information content (AvgIpc) is 2.27. The van der Waals surface area contributed by atoms with Crippen LogP contribution in [-0.4, -0.2) is 24.5 Å². The highest BCUT2D eigenvalue weighted by Gasteiger charge is 2.38. The molecule has 0 heterocycles. The molecule has 1 saturated carbocycles. The Morgan fingerprint density at radius 3 is 2.56 bits per heavy atom. The first kappa shape index (κ1) is 15.6. The van der Waals surface area contributed by atoms with Gasteiger partial charge in [0.1, 0.15) is 0 Å². The van der Waals surface area contributed by atoms with Crippen molar-refractivity contribution >= 4 is 18.4 Å². The van der Waals surface area contributed by atoms with E-state index in [9.17, 15) is 13.6 Å². The lowest BCUT2D eigenvalue weighted by Crippen LogP contribution is -2.35. The van der Waals surface area contributed by atoms with E-state index in [0.29, 0.717) is 0 Å². The predicted molar refractivity (Wildman–Crippen MR) is 58.8 cm³/mol. The Bertz CT molecular complexity index is 239. The molecule has 0 saturated heterocycles. The van der Waals surface area contributed by atoms with Crippen LogP contribution in [0, 0.1) is 5.92 Å². The van der Waals surface area contributed by atoms with Gasteiger partial charge < -0.3 is 10.5 Å². The summed E-state index contributed by atoms with van der Waals surface area (Å²) in [6.45, 7) is 1.95. The zero-order valence-electron chi connectivity index (χ0n) is 9.25. The van der Waals surface area contributed by atoms with E-state index in [1.54, 1.807) is 6.92 Å². The molecule has 0 amide bonds. The van der Waals surface area contributed by atoms with Gasteiger partial charge in [-0.15, -0.1) is 12.4 Å². The second kappa shape index (κ2) is 6.35. The molecule has 0 aromatic heterocycles. The third-order valence-corrected chi connectivity index (χ3v) is 2.77. The molecule has 1 rings (SSSR count). The summed E-state index contributed by atoms with van der Waals surface area (Å²) in [5, 5.41) is 0. The molecule has 0 aromatic carbocycles. The zero-order chi connectivity index (χ0) is 11.5. The van der Waals surface area contributed by atoms with Gasteiger partial charge in [0.2, 0.25) is 5.92 Å². The van der Waals surface area contributed by atoms with Gasteiger partial charge in [-0.2, -0.15) is 0 Å². The molecular formula is C10H18ClF2NO2. The second-order valence-electron chi connectivity index (χ2n) is 3.96. The summed E-state index contributed by atoms with van der Waals surface area (Å²) in [7, 11) is 0. The van der Waals surface area contributed by atoms with Crippen LogP contribution in [0.1, 0.15) is 32.6 Å². The number of alkyl halides is 2. The number of esters is 1. The SMILES string of the molecule is CCOC(=O)[C@@H]1CCC(F)(F)CC[C@@H]1N.Cl. The predicted octanol–water partition coefficient (Wildman–Crippen LogP) is 2.12. The number of carbonyl (C=O) groups excluding carboxylic acids is 1. The van der Waals surface area contributed by atoms with Crippen molar-refractivity contribution in [2.45, 2.75) is 44.6 Å². The molecule has 2 atom stereocenters. The lowest BCUT2D eigenvalue weighted by atomic mass is 9.96. The van der Waals surface area contributed by atoms with Crippen molar-refractivity contribution in [3.63, 3.8) is 0 Å². The molecule has 0 aliphatic heterocycles. The average molecular weight is 258 g/mol. The van der Waals surface area contributed by atoms with Gasteiger partial charge in [-0.3, -0.25) is 4.79 Å². The van der Waals surface area contributed by atoms with Crippen molar-refractivity contribution in [1.82, 2.24) is 0 Å². The summed E-state index contributed by atoms with van der Waals surface area (Å²) in [4.78, 5) is 11.4. The van der Waals surface area contributed by atoms with Crippen LogP contribution in [0.3, 0.4) is 0 Å². The molecule has 0 spiro atoms. The maximum atomic E-state index is 13.1. The maximum Gasteiger partial charge on any atom is 0.310 e. The highest BCUT2D eigenvalue weighted by atomic mass is 35.5. The third kappa shape index (κ3) is 4.22. The Morgan fingerprint density at radius 1 is 1.44 bits per heavy atom. The minimum Gasteiger partial charge on any atom is -0.466 e. The fourth-order valence-corrected chi connectivity index (χ4v) is 1.83. The molecule has 6 heteroatoms. The molecule has 16 heavy (non-hydrogen) atoms. The van der Waals surface area contributed by atoms with Gasteiger partial charge in [-0.05, 0) is 19.8 Å². The number of hydrogen-bond donors (Lipinski definition) is 1. The van der Waals surface area contributed by atoms with E-state index in [1.165, 1.54) is 0 Å². The van der Waals surface area contributed by atoms with Gasteiger partial charge in [0.15, 0.2) is 0 Å². The summed E-state index contributed by atoms with van der Waals surface area (Å²) >= 11 is 0. The van der Waals surface area contributed by atoms with Crippen molar-refractivity contribution in [3.8, 4) is 0 Å². The fraction of sp³-hybridized carbons (Fsp3) is 0.900. The van der Waals surface area contributed by atoms with Crippen molar-refractivity contribution in [2.24, 2.45) is 11.7 Å². The van der Waals surface area contributed by atoms with Crippen LogP contribution in [0.15, 0.2) is 0 Å². The number of carbonyl (C=O) groups is 1. The van der Waals surface area contributed by atoms with E-state index in [-0.39, 0.29) is 44.7 Å². The first-order valence-corrected chi connectivity index (χ1v) is 5.26. The second-order valence-corrected chi connectivity index (χ2v) is 3.96. The number of rotatable bonds is 2. The highest BCUT2D eigenvalue weighted by molar-refractivity contribution is 5.85. The fourth-order valence-electron chi connectivity index (χ4n) is 1.83. The van der Waals surface area contributed by atoms with Gasteiger partial charge in [0, 0.05) is 18.9 Å². The molecule has 1 fully saturated rings. The number of halogens is 3. The largest absolute Gasteiger partial charge is 0.466 e. The molecular weight excluding hydrogens is 240 g/mol. The minimum atomic E-state index is -2.68. The van der Waals surface area contributed by atoms with Gasteiger partial charge in [-0.1, -0.05) is 0 Å². The topological polar surface area (TPSA) is 52.3 Å². The Balaban J connectivity index is 0.00000225. The van der Waals surface area contributed by atoms with Crippen molar-refractivity contribution in [2.75, 3.05) is 6.61 Å². The van der Waals surface area contributed by atoms with Crippen LogP contribution in [0.5, 0.6) is 0 Å². The number of hydrogen-bond acceptors (Lipinski definition) is 3. The van der Waals surface area contributed by atoms with Crippen molar-refractivity contribution < 1.29 is 18.3 Å². The molecule has 0 unspecified atom stereocenters. The molecule has 1 aliphatic carbocycles. The third-order valence-electron chi connectivity index (χ3n) is 2.77. The first-order valence-electron chi connectivity index (χ1n) is 5.26. The number of nitrogens with two attached hydrogens (primary N) is 1. The summed E-state index contributed by atoms with van der Waals surface area (Å²) in [5.41, 5.74) is 5.70. The van der Waals surface area contributed by atoms with Crippen LogP contribution in [0.2, 0.25) is 0 Å². The normalized spacial score (nSPS) is 28.8. The van der Waals surface area contributed by atoms with E-state index in [2.05, 4.69) is 0 Å². The van der Waals surface area contributed by atoms with Crippen molar-refractivity contribution in [3.05, 3.63) is 0 Å². The van der Waals surface area contributed by atoms with Gasteiger partial charge in [0.25, 0.3) is 0 Å². The summed E-state index contributed by atoms with van der Waals surface area (Å²) in [6.07, 6.45) is -0.211. The molecule has 0 radical (unpaired) electrons. The van der Waals surface area contributed by atoms with Crippen LogP contribution in [0.25, 0.3) is 0 Å². The van der Waals surface area contributed by atoms with E-state index in [1.807, 2.05) is 0 Å². The van der Waals surface area contributed by atoms with Gasteiger partial charge in [-0.25, -0.2) is 8.78 Å². The van der Waals surface area contributed by atoms with Crippen LogP contribution in [-0.2, 0) is 9.53 Å².